The number of amides is 2. The van der Waals surface area contributed by atoms with Crippen molar-refractivity contribution in [1.29, 1.82) is 0 Å². The molecule has 0 saturated carbocycles. The third-order valence-electron chi connectivity index (χ3n) is 3.39. The van der Waals surface area contributed by atoms with Crippen LogP contribution in [0, 0.1) is 0 Å². The molecule has 1 aromatic carbocycles. The molecule has 0 aliphatic carbocycles. The van der Waals surface area contributed by atoms with Crippen LogP contribution >= 0.6 is 11.8 Å². The van der Waals surface area contributed by atoms with Gasteiger partial charge in [-0.1, -0.05) is 19.1 Å². The molecule has 0 saturated heterocycles. The molecule has 23 heavy (non-hydrogen) atoms. The topological polar surface area (TPSA) is 55.8 Å². The van der Waals surface area contributed by atoms with Crippen molar-refractivity contribution in [3.05, 3.63) is 34.7 Å². The molecular weight excluding hydrogens is 314 g/mol. The van der Waals surface area contributed by atoms with Crippen LogP contribution in [0.1, 0.15) is 19.4 Å². The first-order valence-corrected chi connectivity index (χ1v) is 8.58. The molecule has 6 heteroatoms. The molecule has 0 radical (unpaired) electrons. The van der Waals surface area contributed by atoms with Gasteiger partial charge in [-0.2, -0.15) is 0 Å². The molecule has 0 unspecified atom stereocenters. The maximum atomic E-state index is 12.7. The molecule has 0 fully saturated rings. The van der Waals surface area contributed by atoms with E-state index in [-0.39, 0.29) is 18.4 Å². The van der Waals surface area contributed by atoms with Crippen molar-refractivity contribution in [3.63, 3.8) is 0 Å². The zero-order chi connectivity index (χ0) is 16.8. The van der Waals surface area contributed by atoms with Crippen LogP contribution in [0.4, 0.5) is 0 Å². The third kappa shape index (κ3) is 3.76. The summed E-state index contributed by atoms with van der Waals surface area (Å²) in [6.45, 7) is 5.06. The Bertz CT molecular complexity index is 610. The summed E-state index contributed by atoms with van der Waals surface area (Å²) < 4.78 is 10.4. The fourth-order valence-electron chi connectivity index (χ4n) is 2.36. The van der Waals surface area contributed by atoms with E-state index in [9.17, 15) is 9.59 Å². The first-order valence-electron chi connectivity index (χ1n) is 7.59. The Labute approximate surface area is 140 Å². The Balaban J connectivity index is 2.34. The van der Waals surface area contributed by atoms with E-state index in [1.165, 1.54) is 16.7 Å². The van der Waals surface area contributed by atoms with Gasteiger partial charge in [0.05, 0.1) is 30.2 Å². The highest BCUT2D eigenvalue weighted by Gasteiger charge is 2.38. The maximum Gasteiger partial charge on any atom is 0.268 e. The van der Waals surface area contributed by atoms with Gasteiger partial charge in [0, 0.05) is 7.11 Å². The van der Waals surface area contributed by atoms with Crippen molar-refractivity contribution in [2.75, 3.05) is 32.6 Å². The van der Waals surface area contributed by atoms with Gasteiger partial charge in [0.25, 0.3) is 11.8 Å². The van der Waals surface area contributed by atoms with E-state index in [4.69, 9.17) is 9.47 Å². The second-order valence-electron chi connectivity index (χ2n) is 4.85. The minimum atomic E-state index is -0.257. The largest absolute Gasteiger partial charge is 0.494 e. The van der Waals surface area contributed by atoms with Crippen molar-refractivity contribution < 1.29 is 19.1 Å². The van der Waals surface area contributed by atoms with Crippen LogP contribution in [-0.4, -0.2) is 49.3 Å². The molecule has 2 rings (SSSR count). The van der Waals surface area contributed by atoms with Crippen LogP contribution in [0.25, 0.3) is 5.57 Å². The maximum absolute atomic E-state index is 12.7. The number of carbonyl (C=O) groups is 2. The lowest BCUT2D eigenvalue weighted by atomic mass is 10.1. The van der Waals surface area contributed by atoms with E-state index in [0.29, 0.717) is 23.7 Å². The molecule has 5 nitrogen and oxygen atoms in total. The van der Waals surface area contributed by atoms with E-state index in [2.05, 4.69) is 0 Å². The second-order valence-corrected chi connectivity index (χ2v) is 6.12. The molecule has 0 atom stereocenters. The summed E-state index contributed by atoms with van der Waals surface area (Å²) in [5, 5.41) is 0. The SMILES string of the molecule is CCOc1ccc(C2=C(SCC)C(=O)N(CCOC)C2=O)cc1. The summed E-state index contributed by atoms with van der Waals surface area (Å²) >= 11 is 1.40. The van der Waals surface area contributed by atoms with Crippen LogP contribution in [-0.2, 0) is 14.3 Å². The first kappa shape index (κ1) is 17.6. The van der Waals surface area contributed by atoms with Gasteiger partial charge in [-0.3, -0.25) is 14.5 Å². The Kier molecular flexibility index (Phi) is 6.24. The normalized spacial score (nSPS) is 14.8. The third-order valence-corrected chi connectivity index (χ3v) is 4.34. The zero-order valence-electron chi connectivity index (χ0n) is 13.6. The van der Waals surface area contributed by atoms with Gasteiger partial charge in [-0.15, -0.1) is 11.8 Å². The summed E-state index contributed by atoms with van der Waals surface area (Å²) in [6.07, 6.45) is 0. The van der Waals surface area contributed by atoms with Crippen molar-refractivity contribution in [2.45, 2.75) is 13.8 Å². The number of hydrogen-bond donors (Lipinski definition) is 0. The number of benzene rings is 1. The highest BCUT2D eigenvalue weighted by atomic mass is 32.2. The Hall–Kier alpha value is -1.79. The molecule has 1 heterocycles. The van der Waals surface area contributed by atoms with E-state index in [1.54, 1.807) is 7.11 Å². The second kappa shape index (κ2) is 8.17. The fourth-order valence-corrected chi connectivity index (χ4v) is 3.23. The van der Waals surface area contributed by atoms with E-state index < -0.39 is 0 Å². The average Bonchev–Trinajstić information content (AvgIpc) is 2.78. The molecule has 2 amide bonds. The number of nitrogens with zero attached hydrogens (tertiary/aromatic N) is 1. The number of ether oxygens (including phenoxy) is 2. The van der Waals surface area contributed by atoms with Crippen LogP contribution in [0.2, 0.25) is 0 Å². The molecule has 0 spiro atoms. The summed E-state index contributed by atoms with van der Waals surface area (Å²) in [6, 6.07) is 7.27. The number of carbonyl (C=O) groups excluding carboxylic acids is 2. The molecule has 0 aromatic heterocycles. The van der Waals surface area contributed by atoms with Gasteiger partial charge in [-0.05, 0) is 30.4 Å². The predicted molar refractivity (Wildman–Crippen MR) is 91.3 cm³/mol. The van der Waals surface area contributed by atoms with Gasteiger partial charge in [0.1, 0.15) is 5.75 Å². The Morgan fingerprint density at radius 2 is 1.78 bits per heavy atom. The minimum Gasteiger partial charge on any atom is -0.494 e. The molecule has 1 aromatic rings. The van der Waals surface area contributed by atoms with Crippen molar-refractivity contribution >= 4 is 29.1 Å². The van der Waals surface area contributed by atoms with Crippen LogP contribution < -0.4 is 4.74 Å². The van der Waals surface area contributed by atoms with Gasteiger partial charge in [-0.25, -0.2) is 0 Å². The van der Waals surface area contributed by atoms with Gasteiger partial charge in [0.2, 0.25) is 0 Å². The van der Waals surface area contributed by atoms with Crippen LogP contribution in [0.3, 0.4) is 0 Å². The smallest absolute Gasteiger partial charge is 0.268 e. The predicted octanol–water partition coefficient (Wildman–Crippen LogP) is 2.56. The molecule has 0 bridgehead atoms. The summed E-state index contributed by atoms with van der Waals surface area (Å²) in [5.41, 5.74) is 1.21. The molecule has 0 N–H and O–H groups in total. The monoisotopic (exact) mass is 335 g/mol. The van der Waals surface area contributed by atoms with Crippen LogP contribution in [0.15, 0.2) is 29.2 Å². The van der Waals surface area contributed by atoms with Crippen molar-refractivity contribution in [3.8, 4) is 5.75 Å². The van der Waals surface area contributed by atoms with Crippen molar-refractivity contribution in [2.24, 2.45) is 0 Å². The highest BCUT2D eigenvalue weighted by molar-refractivity contribution is 8.04. The quantitative estimate of drug-likeness (QED) is 0.684. The van der Waals surface area contributed by atoms with E-state index in [1.807, 2.05) is 38.1 Å². The lowest BCUT2D eigenvalue weighted by Crippen LogP contribution is -2.34. The van der Waals surface area contributed by atoms with Crippen LogP contribution in [0.5, 0.6) is 5.75 Å². The van der Waals surface area contributed by atoms with E-state index >= 15 is 0 Å². The standard InChI is InChI=1S/C17H21NO4S/c1-4-22-13-8-6-12(7-9-13)14-15(23-5-2)17(20)18(16(14)19)10-11-21-3/h6-9H,4-5,10-11H2,1-3H3. The summed E-state index contributed by atoms with van der Waals surface area (Å²) in [4.78, 5) is 26.9. The highest BCUT2D eigenvalue weighted by Crippen LogP contribution is 2.36. The Morgan fingerprint density at radius 1 is 1.09 bits per heavy atom. The number of methoxy groups -OCH3 is 1. The lowest BCUT2D eigenvalue weighted by molar-refractivity contribution is -0.137. The zero-order valence-corrected chi connectivity index (χ0v) is 14.4. The fraction of sp³-hybridized carbons (Fsp3) is 0.412. The number of imide groups is 1. The van der Waals surface area contributed by atoms with Gasteiger partial charge in [0.15, 0.2) is 0 Å². The van der Waals surface area contributed by atoms with Gasteiger partial charge >= 0.3 is 0 Å². The molecule has 124 valence electrons. The number of hydrogen-bond acceptors (Lipinski definition) is 5. The number of rotatable bonds is 8. The lowest BCUT2D eigenvalue weighted by Gasteiger charge is -2.14. The first-order chi connectivity index (χ1) is 11.1. The Morgan fingerprint density at radius 3 is 2.35 bits per heavy atom. The molecular formula is C17H21NO4S. The number of thioether (sulfide) groups is 1. The summed E-state index contributed by atoms with van der Waals surface area (Å²) in [5.74, 6) is 0.983. The summed E-state index contributed by atoms with van der Waals surface area (Å²) in [7, 11) is 1.55. The van der Waals surface area contributed by atoms with Crippen molar-refractivity contribution in [1.82, 2.24) is 4.90 Å². The van der Waals surface area contributed by atoms with Gasteiger partial charge < -0.3 is 9.47 Å². The molecule has 1 aliphatic rings. The minimum absolute atomic E-state index is 0.234. The van der Waals surface area contributed by atoms with E-state index in [0.717, 1.165) is 17.1 Å². The molecule has 1 aliphatic heterocycles. The average molecular weight is 335 g/mol.